The molecule has 1 saturated heterocycles. The maximum Gasteiger partial charge on any atom is 0.262 e. The summed E-state index contributed by atoms with van der Waals surface area (Å²) < 4.78 is 20.8. The zero-order valence-corrected chi connectivity index (χ0v) is 17.0. The van der Waals surface area contributed by atoms with Crippen molar-refractivity contribution in [1.82, 2.24) is 10.7 Å². The predicted molar refractivity (Wildman–Crippen MR) is 114 cm³/mol. The summed E-state index contributed by atoms with van der Waals surface area (Å²) in [5.74, 6) is 1.25. The maximum atomic E-state index is 14.8. The Morgan fingerprint density at radius 3 is 2.90 bits per heavy atom. The van der Waals surface area contributed by atoms with Gasteiger partial charge in [0.2, 0.25) is 0 Å². The average molecular weight is 408 g/mol. The molecule has 2 N–H and O–H groups in total. The molecule has 0 aliphatic carbocycles. The van der Waals surface area contributed by atoms with Crippen molar-refractivity contribution >= 4 is 17.4 Å². The molecule has 30 heavy (non-hydrogen) atoms. The highest BCUT2D eigenvalue weighted by Gasteiger charge is 2.36. The summed E-state index contributed by atoms with van der Waals surface area (Å²) in [6, 6.07) is 10.5. The molecule has 3 aliphatic heterocycles. The number of benzene rings is 2. The Labute approximate surface area is 175 Å². The molecule has 1 fully saturated rings. The van der Waals surface area contributed by atoms with Crippen molar-refractivity contribution in [1.29, 1.82) is 0 Å². The molecule has 2 atom stereocenters. The van der Waals surface area contributed by atoms with Crippen molar-refractivity contribution in [3.05, 3.63) is 47.8 Å². The molecule has 0 radical (unpaired) electrons. The van der Waals surface area contributed by atoms with Crippen molar-refractivity contribution in [3.63, 3.8) is 0 Å². The minimum absolute atomic E-state index is 0.148. The lowest BCUT2D eigenvalue weighted by molar-refractivity contribution is -0.122. The van der Waals surface area contributed by atoms with Crippen LogP contribution in [-0.2, 0) is 4.79 Å². The maximum absolute atomic E-state index is 14.8. The molecule has 0 unspecified atom stereocenters. The van der Waals surface area contributed by atoms with Gasteiger partial charge in [0.05, 0.1) is 5.69 Å². The summed E-state index contributed by atoms with van der Waals surface area (Å²) >= 11 is 0. The molecule has 6 nitrogen and oxygen atoms in total. The first-order valence-corrected chi connectivity index (χ1v) is 10.6. The lowest BCUT2D eigenvalue weighted by Gasteiger charge is -2.39. The van der Waals surface area contributed by atoms with Crippen molar-refractivity contribution in [2.24, 2.45) is 5.10 Å². The third-order valence-electron chi connectivity index (χ3n) is 6.27. The normalized spacial score (nSPS) is 23.5. The molecule has 1 amide bonds. The van der Waals surface area contributed by atoms with Gasteiger partial charge in [-0.05, 0) is 74.5 Å². The van der Waals surface area contributed by atoms with Crippen LogP contribution in [0.2, 0.25) is 0 Å². The number of ether oxygens (including phenoxy) is 1. The number of amidine groups is 1. The molecule has 2 aromatic carbocycles. The zero-order chi connectivity index (χ0) is 20.7. The second-order valence-corrected chi connectivity index (χ2v) is 8.10. The quantitative estimate of drug-likeness (QED) is 0.800. The molecule has 156 valence electrons. The number of hydrazone groups is 1. The number of nitrogens with zero attached hydrogens (tertiary/aromatic N) is 2. The van der Waals surface area contributed by atoms with Gasteiger partial charge < -0.3 is 15.0 Å². The lowest BCUT2D eigenvalue weighted by atomic mass is 9.85. The topological polar surface area (TPSA) is 66.0 Å². The first kappa shape index (κ1) is 19.1. The number of carbonyl (C=O) groups is 1. The van der Waals surface area contributed by atoms with E-state index in [0.717, 1.165) is 49.2 Å². The van der Waals surface area contributed by atoms with Gasteiger partial charge in [0.25, 0.3) is 5.91 Å². The van der Waals surface area contributed by atoms with Crippen LogP contribution >= 0.6 is 0 Å². The smallest absolute Gasteiger partial charge is 0.262 e. The third-order valence-corrected chi connectivity index (χ3v) is 6.27. The fraction of sp³-hybridized carbons (Fsp3) is 0.391. The van der Waals surface area contributed by atoms with E-state index >= 15 is 0 Å². The van der Waals surface area contributed by atoms with Crippen LogP contribution in [0.15, 0.2) is 41.5 Å². The van der Waals surface area contributed by atoms with E-state index in [-0.39, 0.29) is 24.4 Å². The van der Waals surface area contributed by atoms with Gasteiger partial charge in [0.15, 0.2) is 5.84 Å². The molecule has 0 saturated carbocycles. The second kappa shape index (κ2) is 7.72. The summed E-state index contributed by atoms with van der Waals surface area (Å²) in [5, 5.41) is 7.64. The molecule has 3 aliphatic rings. The molecule has 5 rings (SSSR count). The van der Waals surface area contributed by atoms with Crippen LogP contribution in [-0.4, -0.2) is 37.5 Å². The van der Waals surface area contributed by atoms with E-state index in [1.165, 1.54) is 6.07 Å². The van der Waals surface area contributed by atoms with Crippen LogP contribution in [0.25, 0.3) is 11.1 Å². The first-order chi connectivity index (χ1) is 14.6. The molecule has 3 heterocycles. The third kappa shape index (κ3) is 3.23. The summed E-state index contributed by atoms with van der Waals surface area (Å²) in [6.07, 6.45) is 3.09. The van der Waals surface area contributed by atoms with Gasteiger partial charge in [0, 0.05) is 5.56 Å². The van der Waals surface area contributed by atoms with Crippen molar-refractivity contribution in [3.8, 4) is 16.9 Å². The number of amides is 1. The van der Waals surface area contributed by atoms with E-state index in [1.54, 1.807) is 6.07 Å². The van der Waals surface area contributed by atoms with Gasteiger partial charge >= 0.3 is 0 Å². The molecule has 0 bridgehead atoms. The Hall–Kier alpha value is -2.93. The van der Waals surface area contributed by atoms with E-state index in [0.29, 0.717) is 23.1 Å². The van der Waals surface area contributed by atoms with E-state index < -0.39 is 0 Å². The summed E-state index contributed by atoms with van der Waals surface area (Å²) in [6.45, 7) is 4.06. The fourth-order valence-electron chi connectivity index (χ4n) is 4.67. The van der Waals surface area contributed by atoms with E-state index in [1.807, 2.05) is 30.0 Å². The summed E-state index contributed by atoms with van der Waals surface area (Å²) in [7, 11) is 0. The Morgan fingerprint density at radius 2 is 2.03 bits per heavy atom. The first-order valence-electron chi connectivity index (χ1n) is 10.6. The largest absolute Gasteiger partial charge is 0.483 e. The van der Waals surface area contributed by atoms with Crippen molar-refractivity contribution in [2.75, 3.05) is 24.6 Å². The molecular formula is C23H25FN4O2. The number of anilines is 1. The van der Waals surface area contributed by atoms with Crippen LogP contribution in [0.1, 0.15) is 37.7 Å². The average Bonchev–Trinajstić information content (AvgIpc) is 3.05. The van der Waals surface area contributed by atoms with Gasteiger partial charge in [-0.2, -0.15) is 5.10 Å². The molecular weight excluding hydrogens is 383 g/mol. The summed E-state index contributed by atoms with van der Waals surface area (Å²) in [5.41, 5.74) is 5.95. The van der Waals surface area contributed by atoms with E-state index in [4.69, 9.17) is 4.74 Å². The number of hydrogen-bond donors (Lipinski definition) is 2. The number of nitrogens with one attached hydrogen (secondary N) is 2. The zero-order valence-electron chi connectivity index (χ0n) is 17.0. The Kier molecular flexibility index (Phi) is 4.90. The Balaban J connectivity index is 1.69. The number of rotatable bonds is 2. The van der Waals surface area contributed by atoms with Crippen LogP contribution in [0.5, 0.6) is 5.75 Å². The van der Waals surface area contributed by atoms with Crippen molar-refractivity contribution < 1.29 is 13.9 Å². The number of fused-ring (bicyclic) bond motifs is 3. The number of hydrogen-bond acceptors (Lipinski definition) is 5. The highest BCUT2D eigenvalue weighted by molar-refractivity contribution is 6.09. The fourth-order valence-corrected chi connectivity index (χ4v) is 4.67. The predicted octanol–water partition coefficient (Wildman–Crippen LogP) is 3.38. The highest BCUT2D eigenvalue weighted by atomic mass is 19.1. The van der Waals surface area contributed by atoms with Crippen LogP contribution in [0.4, 0.5) is 10.1 Å². The molecule has 7 heteroatoms. The number of halogens is 1. The van der Waals surface area contributed by atoms with Gasteiger partial charge in [-0.1, -0.05) is 18.2 Å². The van der Waals surface area contributed by atoms with Gasteiger partial charge in [0.1, 0.15) is 24.2 Å². The Bertz CT molecular complexity index is 1010. The standard InChI is InChI=1S/C23H25FN4O2/c1-14-23(29)27-26-22-13-30-21-12-18(16-6-2-3-7-19(16)24)17(11-20(21)28(14)22)15-5-4-9-25-10-8-15/h2-3,6-7,11-12,14-15,25H,4-5,8-10,13H2,1H3,(H,27,29)/t14-,15+/m1/s1. The minimum Gasteiger partial charge on any atom is -0.483 e. The molecule has 0 spiro atoms. The van der Waals surface area contributed by atoms with Crippen LogP contribution < -0.4 is 20.4 Å². The van der Waals surface area contributed by atoms with E-state index in [2.05, 4.69) is 21.9 Å². The number of carbonyl (C=O) groups excluding carboxylic acids is 1. The van der Waals surface area contributed by atoms with Gasteiger partial charge in [-0.3, -0.25) is 4.79 Å². The van der Waals surface area contributed by atoms with Gasteiger partial charge in [-0.25, -0.2) is 9.82 Å². The SMILES string of the molecule is C[C@@H]1C(=O)NN=C2COc3cc(-c4ccccc4F)c([C@H]4CCCNCC4)cc3N21. The second-order valence-electron chi connectivity index (χ2n) is 8.10. The van der Waals surface area contributed by atoms with Crippen LogP contribution in [0, 0.1) is 5.82 Å². The minimum atomic E-state index is -0.386. The molecule has 2 aromatic rings. The monoisotopic (exact) mass is 408 g/mol. The van der Waals surface area contributed by atoms with E-state index in [9.17, 15) is 9.18 Å². The summed E-state index contributed by atoms with van der Waals surface area (Å²) in [4.78, 5) is 14.2. The Morgan fingerprint density at radius 1 is 1.17 bits per heavy atom. The van der Waals surface area contributed by atoms with Gasteiger partial charge in [-0.15, -0.1) is 0 Å². The van der Waals surface area contributed by atoms with Crippen molar-refractivity contribution in [2.45, 2.75) is 38.1 Å². The highest BCUT2D eigenvalue weighted by Crippen LogP contribution is 2.44. The lowest BCUT2D eigenvalue weighted by Crippen LogP contribution is -2.55. The molecule has 0 aromatic heterocycles. The van der Waals surface area contributed by atoms with Crippen LogP contribution in [0.3, 0.4) is 0 Å².